The monoisotopic (exact) mass is 306 g/mol. The molecule has 0 aliphatic rings. The van der Waals surface area contributed by atoms with Crippen LogP contribution in [0.25, 0.3) is 10.9 Å². The fraction of sp³-hybridized carbons (Fsp3) is 0.0556. The summed E-state index contributed by atoms with van der Waals surface area (Å²) < 4.78 is 4.64. The fourth-order valence-corrected chi connectivity index (χ4v) is 2.29. The van der Waals surface area contributed by atoms with Gasteiger partial charge in [-0.1, -0.05) is 18.2 Å². The van der Waals surface area contributed by atoms with Crippen LogP contribution in [0.15, 0.2) is 60.8 Å². The van der Waals surface area contributed by atoms with Crippen molar-refractivity contribution in [3.63, 3.8) is 0 Å². The number of carbonyl (C=O) groups excluding carboxylic acids is 2. The van der Waals surface area contributed by atoms with Crippen LogP contribution >= 0.6 is 0 Å². The van der Waals surface area contributed by atoms with Crippen molar-refractivity contribution in [3.05, 3.63) is 71.9 Å². The number of hydrogen-bond donors (Lipinski definition) is 1. The van der Waals surface area contributed by atoms with Gasteiger partial charge in [-0.3, -0.25) is 9.78 Å². The number of pyridine rings is 1. The zero-order chi connectivity index (χ0) is 16.2. The van der Waals surface area contributed by atoms with Crippen molar-refractivity contribution in [1.82, 2.24) is 4.98 Å². The second-order valence-corrected chi connectivity index (χ2v) is 4.90. The first-order valence-corrected chi connectivity index (χ1v) is 7.02. The van der Waals surface area contributed by atoms with Crippen molar-refractivity contribution in [2.75, 3.05) is 12.4 Å². The van der Waals surface area contributed by atoms with Gasteiger partial charge in [-0.15, -0.1) is 0 Å². The summed E-state index contributed by atoms with van der Waals surface area (Å²) in [6, 6.07) is 15.7. The number of nitrogens with zero attached hydrogens (tertiary/aromatic N) is 1. The summed E-state index contributed by atoms with van der Waals surface area (Å²) in [5.74, 6) is -0.666. The molecule has 3 rings (SSSR count). The minimum absolute atomic E-state index is 0.250. The third kappa shape index (κ3) is 3.03. The Hall–Kier alpha value is -3.21. The highest BCUT2D eigenvalue weighted by Crippen LogP contribution is 2.18. The van der Waals surface area contributed by atoms with Gasteiger partial charge >= 0.3 is 5.97 Å². The average molecular weight is 306 g/mol. The minimum Gasteiger partial charge on any atom is -0.465 e. The number of hydrogen-bond acceptors (Lipinski definition) is 4. The molecule has 1 N–H and O–H groups in total. The molecule has 1 heterocycles. The zero-order valence-electron chi connectivity index (χ0n) is 12.4. The highest BCUT2D eigenvalue weighted by atomic mass is 16.5. The first-order valence-electron chi connectivity index (χ1n) is 7.02. The summed E-state index contributed by atoms with van der Waals surface area (Å²) in [5.41, 5.74) is 2.17. The van der Waals surface area contributed by atoms with E-state index in [9.17, 15) is 9.59 Å². The topological polar surface area (TPSA) is 68.3 Å². The van der Waals surface area contributed by atoms with E-state index in [0.29, 0.717) is 22.3 Å². The van der Waals surface area contributed by atoms with Gasteiger partial charge < -0.3 is 10.1 Å². The van der Waals surface area contributed by atoms with Crippen LogP contribution in [0.5, 0.6) is 0 Å². The smallest absolute Gasteiger partial charge is 0.337 e. The number of fused-ring (bicyclic) bond motifs is 1. The Labute approximate surface area is 132 Å². The summed E-state index contributed by atoms with van der Waals surface area (Å²) >= 11 is 0. The van der Waals surface area contributed by atoms with Crippen LogP contribution in [-0.2, 0) is 4.74 Å². The zero-order valence-corrected chi connectivity index (χ0v) is 12.4. The van der Waals surface area contributed by atoms with Crippen molar-refractivity contribution in [1.29, 1.82) is 0 Å². The Balaban J connectivity index is 1.85. The largest absolute Gasteiger partial charge is 0.465 e. The third-order valence-corrected chi connectivity index (χ3v) is 3.44. The molecule has 0 saturated carbocycles. The molecular formula is C18H14N2O3. The highest BCUT2D eigenvalue weighted by molar-refractivity contribution is 6.11. The molecule has 23 heavy (non-hydrogen) atoms. The van der Waals surface area contributed by atoms with Gasteiger partial charge in [0.15, 0.2) is 0 Å². The number of anilines is 1. The van der Waals surface area contributed by atoms with E-state index >= 15 is 0 Å². The van der Waals surface area contributed by atoms with Crippen LogP contribution < -0.4 is 5.32 Å². The lowest BCUT2D eigenvalue weighted by atomic mass is 10.1. The number of para-hydroxylation sites is 1. The Bertz CT molecular complexity index is 868. The van der Waals surface area contributed by atoms with E-state index in [1.54, 1.807) is 36.5 Å². The third-order valence-electron chi connectivity index (χ3n) is 3.44. The van der Waals surface area contributed by atoms with Crippen molar-refractivity contribution in [2.45, 2.75) is 0 Å². The molecule has 1 aromatic heterocycles. The number of amides is 1. The molecule has 0 spiro atoms. The van der Waals surface area contributed by atoms with Gasteiger partial charge in [0.1, 0.15) is 0 Å². The molecule has 0 saturated heterocycles. The number of carbonyl (C=O) groups is 2. The van der Waals surface area contributed by atoms with Gasteiger partial charge in [0, 0.05) is 17.3 Å². The summed E-state index contributed by atoms with van der Waals surface area (Å²) in [5, 5.41) is 3.71. The maximum Gasteiger partial charge on any atom is 0.337 e. The lowest BCUT2D eigenvalue weighted by Gasteiger charge is -2.08. The summed E-state index contributed by atoms with van der Waals surface area (Å²) in [4.78, 5) is 28.1. The number of ether oxygens (including phenoxy) is 1. The predicted molar refractivity (Wildman–Crippen MR) is 87.5 cm³/mol. The number of benzene rings is 2. The SMILES string of the molecule is COC(=O)c1ccc(NC(=O)c2cccc3cccnc23)cc1. The van der Waals surface area contributed by atoms with Gasteiger partial charge in [0.25, 0.3) is 5.91 Å². The lowest BCUT2D eigenvalue weighted by molar-refractivity contribution is 0.0600. The van der Waals surface area contributed by atoms with Gasteiger partial charge in [-0.25, -0.2) is 4.79 Å². The standard InChI is InChI=1S/C18H14N2O3/c1-23-18(22)13-7-9-14(10-8-13)20-17(21)15-6-2-4-12-5-3-11-19-16(12)15/h2-11H,1H3,(H,20,21). The average Bonchev–Trinajstić information content (AvgIpc) is 2.61. The minimum atomic E-state index is -0.416. The molecule has 0 fully saturated rings. The molecule has 1 amide bonds. The van der Waals surface area contributed by atoms with Gasteiger partial charge in [0.2, 0.25) is 0 Å². The molecule has 0 atom stereocenters. The Morgan fingerprint density at radius 2 is 1.74 bits per heavy atom. The van der Waals surface area contributed by atoms with Crippen LogP contribution in [0.3, 0.4) is 0 Å². The van der Waals surface area contributed by atoms with Crippen LogP contribution in [0.4, 0.5) is 5.69 Å². The second-order valence-electron chi connectivity index (χ2n) is 4.90. The Morgan fingerprint density at radius 1 is 1.00 bits per heavy atom. The van der Waals surface area contributed by atoms with Crippen LogP contribution in [-0.4, -0.2) is 24.0 Å². The number of nitrogens with one attached hydrogen (secondary N) is 1. The van der Waals surface area contributed by atoms with Crippen LogP contribution in [0.2, 0.25) is 0 Å². The molecule has 5 nitrogen and oxygen atoms in total. The molecule has 0 unspecified atom stereocenters. The summed E-state index contributed by atoms with van der Waals surface area (Å²) in [6.45, 7) is 0. The second kappa shape index (κ2) is 6.27. The summed E-state index contributed by atoms with van der Waals surface area (Å²) in [6.07, 6.45) is 1.66. The van der Waals surface area contributed by atoms with E-state index in [1.807, 2.05) is 24.3 Å². The van der Waals surface area contributed by atoms with Crippen LogP contribution in [0, 0.1) is 0 Å². The van der Waals surface area contributed by atoms with Gasteiger partial charge in [-0.05, 0) is 36.4 Å². The molecular weight excluding hydrogens is 292 g/mol. The Morgan fingerprint density at radius 3 is 2.48 bits per heavy atom. The number of esters is 1. The first-order chi connectivity index (χ1) is 11.2. The predicted octanol–water partition coefficient (Wildman–Crippen LogP) is 3.27. The maximum atomic E-state index is 12.5. The lowest BCUT2D eigenvalue weighted by Crippen LogP contribution is -2.13. The molecule has 2 aromatic carbocycles. The van der Waals surface area contributed by atoms with E-state index in [1.165, 1.54) is 7.11 Å². The molecule has 0 aliphatic carbocycles. The van der Waals surface area contributed by atoms with E-state index < -0.39 is 5.97 Å². The summed E-state index contributed by atoms with van der Waals surface area (Å²) in [7, 11) is 1.32. The van der Waals surface area contributed by atoms with Gasteiger partial charge in [0.05, 0.1) is 23.8 Å². The quantitative estimate of drug-likeness (QED) is 0.754. The van der Waals surface area contributed by atoms with E-state index in [4.69, 9.17) is 0 Å². The Kier molecular flexibility index (Phi) is 4.01. The first kappa shape index (κ1) is 14.7. The van der Waals surface area contributed by atoms with Crippen molar-refractivity contribution in [3.8, 4) is 0 Å². The van der Waals surface area contributed by atoms with Gasteiger partial charge in [-0.2, -0.15) is 0 Å². The number of rotatable bonds is 3. The molecule has 0 bridgehead atoms. The molecule has 0 radical (unpaired) electrons. The fourth-order valence-electron chi connectivity index (χ4n) is 2.29. The molecule has 0 aliphatic heterocycles. The molecule has 5 heteroatoms. The van der Waals surface area contributed by atoms with E-state index in [-0.39, 0.29) is 5.91 Å². The van der Waals surface area contributed by atoms with Crippen molar-refractivity contribution >= 4 is 28.5 Å². The van der Waals surface area contributed by atoms with Crippen LogP contribution in [0.1, 0.15) is 20.7 Å². The number of methoxy groups -OCH3 is 1. The van der Waals surface area contributed by atoms with Crippen molar-refractivity contribution in [2.24, 2.45) is 0 Å². The van der Waals surface area contributed by atoms with Crippen molar-refractivity contribution < 1.29 is 14.3 Å². The van der Waals surface area contributed by atoms with E-state index in [0.717, 1.165) is 5.39 Å². The molecule has 3 aromatic rings. The maximum absolute atomic E-state index is 12.5. The normalized spacial score (nSPS) is 10.3. The highest BCUT2D eigenvalue weighted by Gasteiger charge is 2.11. The van der Waals surface area contributed by atoms with E-state index in [2.05, 4.69) is 15.0 Å². The number of aromatic nitrogens is 1. The molecule has 114 valence electrons.